The van der Waals surface area contributed by atoms with Crippen LogP contribution >= 0.6 is 0 Å². The van der Waals surface area contributed by atoms with Gasteiger partial charge in [0.05, 0.1) is 18.5 Å². The highest BCUT2D eigenvalue weighted by molar-refractivity contribution is 5.99. The number of rotatable bonds is 4. The fourth-order valence-corrected chi connectivity index (χ4v) is 3.59. The molecule has 26 heavy (non-hydrogen) atoms. The third kappa shape index (κ3) is 3.35. The van der Waals surface area contributed by atoms with E-state index in [2.05, 4.69) is 21.0 Å². The fraction of sp³-hybridized carbons (Fsp3) is 0.421. The zero-order valence-electron chi connectivity index (χ0n) is 14.8. The maximum atomic E-state index is 12.5. The molecule has 1 aromatic carbocycles. The Labute approximate surface area is 152 Å². The van der Waals surface area contributed by atoms with Crippen LogP contribution in [0.1, 0.15) is 53.5 Å². The van der Waals surface area contributed by atoms with Gasteiger partial charge >= 0.3 is 0 Å². The highest BCUT2D eigenvalue weighted by Gasteiger charge is 2.21. The molecular formula is C19H23N5O2. The zero-order valence-corrected chi connectivity index (χ0v) is 14.8. The minimum atomic E-state index is -0.185. The summed E-state index contributed by atoms with van der Waals surface area (Å²) < 4.78 is 1.89. The maximum absolute atomic E-state index is 12.5. The Balaban J connectivity index is 1.42. The van der Waals surface area contributed by atoms with Gasteiger partial charge in [-0.15, -0.1) is 0 Å². The van der Waals surface area contributed by atoms with E-state index in [1.165, 1.54) is 0 Å². The van der Waals surface area contributed by atoms with Crippen molar-refractivity contribution in [2.24, 2.45) is 0 Å². The van der Waals surface area contributed by atoms with Crippen LogP contribution in [0, 0.1) is 0 Å². The summed E-state index contributed by atoms with van der Waals surface area (Å²) in [6.07, 6.45) is 4.47. The molecule has 7 nitrogen and oxygen atoms in total. The van der Waals surface area contributed by atoms with Crippen molar-refractivity contribution < 1.29 is 9.59 Å². The molecule has 2 aliphatic heterocycles. The number of anilines is 1. The van der Waals surface area contributed by atoms with E-state index >= 15 is 0 Å². The number of fused-ring (bicyclic) bond motifs is 1. The summed E-state index contributed by atoms with van der Waals surface area (Å²) in [5.41, 5.74) is 3.24. The average Bonchev–Trinajstić information content (AvgIpc) is 3.27. The van der Waals surface area contributed by atoms with Crippen LogP contribution in [0.4, 0.5) is 5.69 Å². The summed E-state index contributed by atoms with van der Waals surface area (Å²) in [5.74, 6) is -0.175. The predicted octanol–water partition coefficient (Wildman–Crippen LogP) is 1.79. The van der Waals surface area contributed by atoms with Crippen LogP contribution in [0.15, 0.2) is 30.5 Å². The summed E-state index contributed by atoms with van der Waals surface area (Å²) in [6.45, 7) is 3.87. The van der Waals surface area contributed by atoms with Crippen molar-refractivity contribution in [3.8, 4) is 0 Å². The van der Waals surface area contributed by atoms with E-state index in [0.717, 1.165) is 42.7 Å². The standard InChI is InChI=1S/C19H23N5O2/c1-12(13-4-5-16-14(9-13)10-18(25)22-16)21-19(26)17-6-8-24(23-17)15-3-2-7-20-11-15/h4-6,8-9,12,15,20H,2-3,7,10-11H2,1H3,(H,21,26)(H,22,25). The molecule has 4 rings (SSSR count). The van der Waals surface area contributed by atoms with E-state index < -0.39 is 0 Å². The first-order valence-corrected chi connectivity index (χ1v) is 9.09. The molecule has 2 amide bonds. The molecule has 2 atom stereocenters. The van der Waals surface area contributed by atoms with E-state index in [9.17, 15) is 9.59 Å². The molecule has 2 aromatic rings. The van der Waals surface area contributed by atoms with E-state index in [1.54, 1.807) is 6.07 Å². The Kier molecular flexibility index (Phi) is 4.46. The Morgan fingerprint density at radius 1 is 1.38 bits per heavy atom. The number of carbonyl (C=O) groups excluding carboxylic acids is 2. The molecule has 2 aliphatic rings. The number of carbonyl (C=O) groups is 2. The number of hydrogen-bond donors (Lipinski definition) is 3. The van der Waals surface area contributed by atoms with Gasteiger partial charge in [-0.2, -0.15) is 5.10 Å². The fourth-order valence-electron chi connectivity index (χ4n) is 3.59. The topological polar surface area (TPSA) is 88.1 Å². The van der Waals surface area contributed by atoms with Crippen LogP contribution in [-0.4, -0.2) is 34.7 Å². The van der Waals surface area contributed by atoms with Gasteiger partial charge in [0.15, 0.2) is 0 Å². The molecule has 0 radical (unpaired) electrons. The van der Waals surface area contributed by atoms with Crippen molar-refractivity contribution in [2.75, 3.05) is 18.4 Å². The van der Waals surface area contributed by atoms with Crippen molar-refractivity contribution in [1.29, 1.82) is 0 Å². The summed E-state index contributed by atoms with van der Waals surface area (Å²) >= 11 is 0. The van der Waals surface area contributed by atoms with Crippen LogP contribution in [0.2, 0.25) is 0 Å². The largest absolute Gasteiger partial charge is 0.344 e. The second kappa shape index (κ2) is 6.92. The van der Waals surface area contributed by atoms with Gasteiger partial charge in [-0.05, 0) is 49.6 Å². The molecular weight excluding hydrogens is 330 g/mol. The third-order valence-corrected chi connectivity index (χ3v) is 5.09. The lowest BCUT2D eigenvalue weighted by atomic mass is 10.0. The van der Waals surface area contributed by atoms with Gasteiger partial charge in [-0.25, -0.2) is 0 Å². The first-order valence-electron chi connectivity index (χ1n) is 9.09. The highest BCUT2D eigenvalue weighted by Crippen LogP contribution is 2.26. The number of hydrogen-bond acceptors (Lipinski definition) is 4. The van der Waals surface area contributed by atoms with Crippen LogP contribution in [-0.2, 0) is 11.2 Å². The van der Waals surface area contributed by atoms with Gasteiger partial charge < -0.3 is 16.0 Å². The number of amides is 2. The summed E-state index contributed by atoms with van der Waals surface area (Å²) in [5, 5.41) is 13.6. The first kappa shape index (κ1) is 16.8. The van der Waals surface area contributed by atoms with Crippen molar-refractivity contribution in [2.45, 2.75) is 38.3 Å². The predicted molar refractivity (Wildman–Crippen MR) is 98.0 cm³/mol. The molecule has 136 valence electrons. The lowest BCUT2D eigenvalue weighted by Crippen LogP contribution is -2.32. The molecule has 0 aliphatic carbocycles. The van der Waals surface area contributed by atoms with Gasteiger partial charge in [-0.1, -0.05) is 12.1 Å². The normalized spacial score (nSPS) is 20.3. The quantitative estimate of drug-likeness (QED) is 0.782. The molecule has 0 bridgehead atoms. The second-order valence-electron chi connectivity index (χ2n) is 7.02. The minimum Gasteiger partial charge on any atom is -0.344 e. The molecule has 2 unspecified atom stereocenters. The van der Waals surface area contributed by atoms with Gasteiger partial charge in [0.2, 0.25) is 5.91 Å². The van der Waals surface area contributed by atoms with Crippen LogP contribution < -0.4 is 16.0 Å². The van der Waals surface area contributed by atoms with Crippen molar-refractivity contribution in [1.82, 2.24) is 20.4 Å². The van der Waals surface area contributed by atoms with Gasteiger partial charge in [-0.3, -0.25) is 14.3 Å². The minimum absolute atomic E-state index is 0.0107. The van der Waals surface area contributed by atoms with Crippen LogP contribution in [0.3, 0.4) is 0 Å². The molecule has 3 N–H and O–H groups in total. The van der Waals surface area contributed by atoms with E-state index in [1.807, 2.05) is 36.0 Å². The summed E-state index contributed by atoms with van der Waals surface area (Å²) in [7, 11) is 0. The molecule has 0 saturated carbocycles. The Bertz CT molecular complexity index is 838. The van der Waals surface area contributed by atoms with Crippen molar-refractivity contribution in [3.63, 3.8) is 0 Å². The van der Waals surface area contributed by atoms with Gasteiger partial charge in [0.1, 0.15) is 5.69 Å². The number of benzene rings is 1. The monoisotopic (exact) mass is 353 g/mol. The smallest absolute Gasteiger partial charge is 0.272 e. The highest BCUT2D eigenvalue weighted by atomic mass is 16.2. The molecule has 0 spiro atoms. The summed E-state index contributed by atoms with van der Waals surface area (Å²) in [4.78, 5) is 24.0. The molecule has 7 heteroatoms. The van der Waals surface area contributed by atoms with Crippen molar-refractivity contribution >= 4 is 17.5 Å². The average molecular weight is 353 g/mol. The molecule has 1 fully saturated rings. The number of aromatic nitrogens is 2. The molecule has 1 aromatic heterocycles. The lowest BCUT2D eigenvalue weighted by molar-refractivity contribution is -0.115. The van der Waals surface area contributed by atoms with Crippen LogP contribution in [0.25, 0.3) is 0 Å². The molecule has 3 heterocycles. The van der Waals surface area contributed by atoms with Crippen LogP contribution in [0.5, 0.6) is 0 Å². The number of piperidine rings is 1. The third-order valence-electron chi connectivity index (χ3n) is 5.09. The van der Waals surface area contributed by atoms with E-state index in [4.69, 9.17) is 0 Å². The van der Waals surface area contributed by atoms with Gasteiger partial charge in [0.25, 0.3) is 5.91 Å². The zero-order chi connectivity index (χ0) is 18.1. The maximum Gasteiger partial charge on any atom is 0.272 e. The lowest BCUT2D eigenvalue weighted by Gasteiger charge is -2.22. The van der Waals surface area contributed by atoms with E-state index in [-0.39, 0.29) is 17.9 Å². The van der Waals surface area contributed by atoms with Crippen molar-refractivity contribution in [3.05, 3.63) is 47.3 Å². The Morgan fingerprint density at radius 3 is 3.08 bits per heavy atom. The number of nitrogens with one attached hydrogen (secondary N) is 3. The second-order valence-corrected chi connectivity index (χ2v) is 7.02. The summed E-state index contributed by atoms with van der Waals surface area (Å²) in [6, 6.07) is 7.71. The molecule has 1 saturated heterocycles. The van der Waals surface area contributed by atoms with Gasteiger partial charge in [0, 0.05) is 18.4 Å². The first-order chi connectivity index (χ1) is 12.6. The SMILES string of the molecule is CC(NC(=O)c1ccn(C2CCCNC2)n1)c1ccc2c(c1)CC(=O)N2. The van der Waals surface area contributed by atoms with E-state index in [0.29, 0.717) is 18.2 Å². The Hall–Kier alpha value is -2.67. The Morgan fingerprint density at radius 2 is 2.27 bits per heavy atom. The number of nitrogens with zero attached hydrogens (tertiary/aromatic N) is 2.